The van der Waals surface area contributed by atoms with E-state index in [4.69, 9.17) is 15.5 Å². The third-order valence-electron chi connectivity index (χ3n) is 6.91. The number of carbonyl (C=O) groups excluding carboxylic acids is 2. The molecule has 0 aliphatic rings. The predicted molar refractivity (Wildman–Crippen MR) is 165 cm³/mol. The van der Waals surface area contributed by atoms with Gasteiger partial charge in [-0.15, -0.1) is 0 Å². The van der Waals surface area contributed by atoms with Gasteiger partial charge in [-0.3, -0.25) is 9.59 Å². The number of aromatic nitrogens is 2. The molecule has 0 saturated heterocycles. The number of anilines is 4. The molecular weight excluding hydrogens is 532 g/mol. The van der Waals surface area contributed by atoms with Gasteiger partial charge in [-0.2, -0.15) is 0 Å². The molecule has 0 aliphatic carbocycles. The maximum Gasteiger partial charge on any atom is 0.253 e. The number of aryl methyl sites for hydroxylation is 1. The highest BCUT2D eigenvalue weighted by molar-refractivity contribution is 6.09. The number of aliphatic hydroxyl groups is 1. The Morgan fingerprint density at radius 1 is 0.952 bits per heavy atom. The number of hydrogen-bond donors (Lipinski definition) is 5. The number of amides is 2. The molecule has 6 N–H and O–H groups in total. The van der Waals surface area contributed by atoms with Crippen LogP contribution in [0.25, 0.3) is 21.8 Å². The summed E-state index contributed by atoms with van der Waals surface area (Å²) in [7, 11) is 1.46. The van der Waals surface area contributed by atoms with E-state index in [9.17, 15) is 14.7 Å². The van der Waals surface area contributed by atoms with Crippen molar-refractivity contribution in [3.63, 3.8) is 0 Å². The van der Waals surface area contributed by atoms with Crippen molar-refractivity contribution in [1.82, 2.24) is 15.3 Å². The van der Waals surface area contributed by atoms with E-state index < -0.39 is 17.9 Å². The molecule has 10 nitrogen and oxygen atoms in total. The van der Waals surface area contributed by atoms with Crippen molar-refractivity contribution in [2.75, 3.05) is 23.5 Å². The second kappa shape index (κ2) is 12.1. The minimum absolute atomic E-state index is 0.228. The number of nitrogens with one attached hydrogen (secondary N) is 3. The molecule has 0 radical (unpaired) electrons. The number of fused-ring (bicyclic) bond motifs is 2. The molecule has 0 spiro atoms. The lowest BCUT2D eigenvalue weighted by Gasteiger charge is -2.18. The highest BCUT2D eigenvalue weighted by atomic mass is 16.5. The topological polar surface area (TPSA) is 151 Å². The van der Waals surface area contributed by atoms with Crippen LogP contribution in [0.5, 0.6) is 5.88 Å². The van der Waals surface area contributed by atoms with E-state index >= 15 is 0 Å². The number of benzene rings is 3. The van der Waals surface area contributed by atoms with Crippen LogP contribution in [0, 0.1) is 0 Å². The van der Waals surface area contributed by atoms with Crippen LogP contribution in [0.4, 0.5) is 22.7 Å². The van der Waals surface area contributed by atoms with E-state index in [1.165, 1.54) is 13.2 Å². The van der Waals surface area contributed by atoms with Gasteiger partial charge in [0.1, 0.15) is 6.04 Å². The minimum Gasteiger partial charge on any atom is -0.480 e. The molecule has 0 bridgehead atoms. The van der Waals surface area contributed by atoms with Gasteiger partial charge in [0, 0.05) is 22.1 Å². The quantitative estimate of drug-likeness (QED) is 0.158. The lowest BCUT2D eigenvalue weighted by Crippen LogP contribution is -2.42. The van der Waals surface area contributed by atoms with Crippen LogP contribution in [0.1, 0.15) is 35.5 Å². The molecule has 0 fully saturated rings. The van der Waals surface area contributed by atoms with E-state index in [1.807, 2.05) is 61.5 Å². The Kier molecular flexibility index (Phi) is 8.16. The standard InChI is InChI=1S/C32H32N6O4/c1-4-26-24(16-25(33)32(38-26)42-3)31(41)34-18(2)30(40)36-21-14-19(17-39)13-20(15-21)35-29-22-9-5-7-11-27(22)37-28-12-8-6-10-23(28)29/h5-16,18,39H,4,17,33H2,1-3H3,(H,34,41)(H,35,37)(H,36,40). The molecule has 2 amide bonds. The van der Waals surface area contributed by atoms with Gasteiger partial charge in [-0.25, -0.2) is 9.97 Å². The summed E-state index contributed by atoms with van der Waals surface area (Å²) in [5.74, 6) is -0.661. The van der Waals surface area contributed by atoms with Crippen molar-refractivity contribution in [3.05, 3.63) is 89.6 Å². The number of hydrogen-bond acceptors (Lipinski definition) is 8. The number of nitrogens with zero attached hydrogens (tertiary/aromatic N) is 2. The van der Waals surface area contributed by atoms with E-state index in [0.717, 1.165) is 27.5 Å². The first kappa shape index (κ1) is 28.3. The van der Waals surface area contributed by atoms with Gasteiger partial charge in [0.15, 0.2) is 0 Å². The number of methoxy groups -OCH3 is 1. The zero-order valence-corrected chi connectivity index (χ0v) is 23.6. The van der Waals surface area contributed by atoms with Crippen molar-refractivity contribution in [2.24, 2.45) is 0 Å². The first-order valence-electron chi connectivity index (χ1n) is 13.6. The van der Waals surface area contributed by atoms with Crippen LogP contribution in [-0.2, 0) is 17.8 Å². The van der Waals surface area contributed by atoms with Crippen LogP contribution in [0.2, 0.25) is 0 Å². The van der Waals surface area contributed by atoms with Crippen LogP contribution in [0.15, 0.2) is 72.8 Å². The molecule has 0 aliphatic heterocycles. The molecule has 5 rings (SSSR count). The zero-order valence-electron chi connectivity index (χ0n) is 23.6. The molecule has 2 aromatic heterocycles. The smallest absolute Gasteiger partial charge is 0.253 e. The van der Waals surface area contributed by atoms with E-state index in [1.54, 1.807) is 19.1 Å². The van der Waals surface area contributed by atoms with Crippen molar-refractivity contribution < 1.29 is 19.4 Å². The molecule has 1 unspecified atom stereocenters. The van der Waals surface area contributed by atoms with E-state index in [2.05, 4.69) is 20.9 Å². The third kappa shape index (κ3) is 5.79. The minimum atomic E-state index is -0.882. The average Bonchev–Trinajstić information content (AvgIpc) is 3.00. The number of pyridine rings is 2. The summed E-state index contributed by atoms with van der Waals surface area (Å²) >= 11 is 0. The number of nitrogen functional groups attached to an aromatic ring is 1. The molecule has 0 saturated carbocycles. The lowest BCUT2D eigenvalue weighted by molar-refractivity contribution is -0.117. The monoisotopic (exact) mass is 564 g/mol. The molecule has 3 aromatic carbocycles. The summed E-state index contributed by atoms with van der Waals surface area (Å²) in [5.41, 5.74) is 11.3. The molecular formula is C32H32N6O4. The summed E-state index contributed by atoms with van der Waals surface area (Å²) in [6, 6.07) is 21.6. The third-order valence-corrected chi connectivity index (χ3v) is 6.91. The van der Waals surface area contributed by atoms with Gasteiger partial charge in [-0.1, -0.05) is 43.3 Å². The molecule has 2 heterocycles. The lowest BCUT2D eigenvalue weighted by atomic mass is 10.1. The highest BCUT2D eigenvalue weighted by Crippen LogP contribution is 2.34. The number of carbonyl (C=O) groups is 2. The molecule has 10 heteroatoms. The largest absolute Gasteiger partial charge is 0.480 e. The fraction of sp³-hybridized carbons (Fsp3) is 0.188. The van der Waals surface area contributed by atoms with Gasteiger partial charge >= 0.3 is 0 Å². The zero-order chi connectivity index (χ0) is 29.8. The van der Waals surface area contributed by atoms with Gasteiger partial charge in [0.2, 0.25) is 11.8 Å². The molecule has 214 valence electrons. The highest BCUT2D eigenvalue weighted by Gasteiger charge is 2.21. The Bertz CT molecular complexity index is 1750. The Morgan fingerprint density at radius 3 is 2.21 bits per heavy atom. The number of nitrogens with two attached hydrogens (primary N) is 1. The van der Waals surface area contributed by atoms with Crippen LogP contribution < -0.4 is 26.4 Å². The first-order valence-corrected chi connectivity index (χ1v) is 13.6. The van der Waals surface area contributed by atoms with Crippen molar-refractivity contribution >= 4 is 56.4 Å². The van der Waals surface area contributed by atoms with Crippen LogP contribution in [0.3, 0.4) is 0 Å². The van der Waals surface area contributed by atoms with Gasteiger partial charge in [0.05, 0.1) is 47.4 Å². The van der Waals surface area contributed by atoms with Gasteiger partial charge < -0.3 is 31.5 Å². The molecule has 1 atom stereocenters. The fourth-order valence-corrected chi connectivity index (χ4v) is 4.81. The predicted octanol–water partition coefficient (Wildman–Crippen LogP) is 4.93. The molecule has 5 aromatic rings. The van der Waals surface area contributed by atoms with Crippen molar-refractivity contribution in [2.45, 2.75) is 32.9 Å². The number of ether oxygens (including phenoxy) is 1. The summed E-state index contributed by atoms with van der Waals surface area (Å²) in [4.78, 5) is 35.3. The number of para-hydroxylation sites is 2. The number of aliphatic hydroxyl groups excluding tert-OH is 1. The maximum absolute atomic E-state index is 13.1. The normalized spacial score (nSPS) is 11.7. The SMILES string of the molecule is CCc1nc(OC)c(N)cc1C(=O)NC(C)C(=O)Nc1cc(CO)cc(Nc2c3ccccc3nc3ccccc23)c1. The van der Waals surface area contributed by atoms with Crippen molar-refractivity contribution in [3.8, 4) is 5.88 Å². The second-order valence-corrected chi connectivity index (χ2v) is 9.84. The van der Waals surface area contributed by atoms with E-state index in [-0.39, 0.29) is 23.7 Å². The molecule has 42 heavy (non-hydrogen) atoms. The van der Waals surface area contributed by atoms with Crippen LogP contribution in [-0.4, -0.2) is 40.0 Å². The first-order chi connectivity index (χ1) is 20.3. The Labute approximate surface area is 242 Å². The maximum atomic E-state index is 13.1. The summed E-state index contributed by atoms with van der Waals surface area (Å²) in [5, 5.41) is 20.9. The van der Waals surface area contributed by atoms with E-state index in [0.29, 0.717) is 29.1 Å². The van der Waals surface area contributed by atoms with Crippen molar-refractivity contribution in [1.29, 1.82) is 0 Å². The van der Waals surface area contributed by atoms with Gasteiger partial charge in [-0.05, 0) is 55.3 Å². The Hall–Kier alpha value is -5.22. The fourth-order valence-electron chi connectivity index (χ4n) is 4.81. The number of rotatable bonds is 9. The summed E-state index contributed by atoms with van der Waals surface area (Å²) in [6.45, 7) is 3.22. The second-order valence-electron chi connectivity index (χ2n) is 9.84. The van der Waals surface area contributed by atoms with Gasteiger partial charge in [0.25, 0.3) is 5.91 Å². The Morgan fingerprint density at radius 2 is 1.60 bits per heavy atom. The summed E-state index contributed by atoms with van der Waals surface area (Å²) < 4.78 is 5.16. The van der Waals surface area contributed by atoms with Crippen LogP contribution >= 0.6 is 0 Å². The Balaban J connectivity index is 1.39. The average molecular weight is 565 g/mol. The summed E-state index contributed by atoms with van der Waals surface area (Å²) in [6.07, 6.45) is 0.478.